The topological polar surface area (TPSA) is 58.2 Å². The highest BCUT2D eigenvalue weighted by molar-refractivity contribution is 9.10. The van der Waals surface area contributed by atoms with Crippen LogP contribution in [0.5, 0.6) is 0 Å². The van der Waals surface area contributed by atoms with Gasteiger partial charge in [-0.3, -0.25) is 9.59 Å². The second-order valence-electron chi connectivity index (χ2n) is 4.83. The summed E-state index contributed by atoms with van der Waals surface area (Å²) in [6.45, 7) is 2.07. The Morgan fingerprint density at radius 2 is 1.59 bits per heavy atom. The maximum absolute atomic E-state index is 11.9. The van der Waals surface area contributed by atoms with Gasteiger partial charge >= 0.3 is 0 Å². The van der Waals surface area contributed by atoms with E-state index in [0.717, 1.165) is 10.9 Å². The van der Waals surface area contributed by atoms with Gasteiger partial charge in [-0.05, 0) is 42.3 Å². The van der Waals surface area contributed by atoms with E-state index < -0.39 is 0 Å². The molecule has 0 unspecified atom stereocenters. The summed E-state index contributed by atoms with van der Waals surface area (Å²) in [5, 5.41) is 5.40. The summed E-state index contributed by atoms with van der Waals surface area (Å²) in [7, 11) is 0. The van der Waals surface area contributed by atoms with Crippen LogP contribution >= 0.6 is 15.9 Å². The van der Waals surface area contributed by atoms with E-state index >= 15 is 0 Å². The molecular formula is C17H17BrN2O2. The number of carbonyl (C=O) groups excluding carboxylic acids is 2. The number of amides is 2. The van der Waals surface area contributed by atoms with E-state index in [1.165, 1.54) is 5.56 Å². The monoisotopic (exact) mass is 360 g/mol. The van der Waals surface area contributed by atoms with Crippen molar-refractivity contribution in [1.82, 2.24) is 0 Å². The van der Waals surface area contributed by atoms with Gasteiger partial charge < -0.3 is 10.6 Å². The zero-order valence-electron chi connectivity index (χ0n) is 12.2. The fourth-order valence-corrected chi connectivity index (χ4v) is 2.35. The highest BCUT2D eigenvalue weighted by Crippen LogP contribution is 2.16. The van der Waals surface area contributed by atoms with Crippen LogP contribution in [0, 0.1) is 0 Å². The van der Waals surface area contributed by atoms with Gasteiger partial charge in [-0.1, -0.05) is 41.1 Å². The van der Waals surface area contributed by atoms with Gasteiger partial charge in [-0.25, -0.2) is 0 Å². The number of rotatable bonds is 5. The van der Waals surface area contributed by atoms with E-state index in [1.807, 2.05) is 36.4 Å². The number of hydrogen-bond acceptors (Lipinski definition) is 2. The second kappa shape index (κ2) is 7.75. The molecule has 2 aromatic rings. The minimum absolute atomic E-state index is 0.220. The minimum Gasteiger partial charge on any atom is -0.326 e. The summed E-state index contributed by atoms with van der Waals surface area (Å²) in [4.78, 5) is 23.7. The maximum Gasteiger partial charge on any atom is 0.233 e. The third kappa shape index (κ3) is 5.00. The highest BCUT2D eigenvalue weighted by atomic mass is 79.9. The molecule has 0 bridgehead atoms. The predicted molar refractivity (Wildman–Crippen MR) is 91.8 cm³/mol. The summed E-state index contributed by atoms with van der Waals surface area (Å²) in [6, 6.07) is 14.8. The van der Waals surface area contributed by atoms with Crippen LogP contribution in [-0.2, 0) is 16.0 Å². The van der Waals surface area contributed by atoms with E-state index in [9.17, 15) is 9.59 Å². The predicted octanol–water partition coefficient (Wildman–Crippen LogP) is 3.98. The van der Waals surface area contributed by atoms with Crippen LogP contribution in [0.3, 0.4) is 0 Å². The van der Waals surface area contributed by atoms with Crippen LogP contribution in [0.4, 0.5) is 11.4 Å². The Kier molecular flexibility index (Phi) is 5.72. The lowest BCUT2D eigenvalue weighted by Crippen LogP contribution is -2.21. The normalized spacial score (nSPS) is 10.1. The summed E-state index contributed by atoms with van der Waals surface area (Å²) >= 11 is 3.33. The number of nitrogens with one attached hydrogen (secondary N) is 2. The van der Waals surface area contributed by atoms with Crippen molar-refractivity contribution in [3.8, 4) is 0 Å². The van der Waals surface area contributed by atoms with Crippen molar-refractivity contribution in [3.63, 3.8) is 0 Å². The molecule has 0 saturated heterocycles. The van der Waals surface area contributed by atoms with Crippen molar-refractivity contribution in [2.75, 3.05) is 10.6 Å². The average Bonchev–Trinajstić information content (AvgIpc) is 2.47. The molecule has 0 aromatic heterocycles. The van der Waals surface area contributed by atoms with Crippen molar-refractivity contribution >= 4 is 39.1 Å². The molecular weight excluding hydrogens is 344 g/mol. The van der Waals surface area contributed by atoms with Crippen molar-refractivity contribution in [2.24, 2.45) is 0 Å². The van der Waals surface area contributed by atoms with Gasteiger partial charge in [0.2, 0.25) is 11.8 Å². The van der Waals surface area contributed by atoms with Crippen molar-refractivity contribution in [3.05, 3.63) is 58.6 Å². The molecule has 22 heavy (non-hydrogen) atoms. The van der Waals surface area contributed by atoms with Crippen LogP contribution in [0.25, 0.3) is 0 Å². The first-order valence-electron chi connectivity index (χ1n) is 7.01. The van der Waals surface area contributed by atoms with E-state index in [2.05, 4.69) is 33.5 Å². The smallest absolute Gasteiger partial charge is 0.233 e. The van der Waals surface area contributed by atoms with Gasteiger partial charge in [-0.15, -0.1) is 0 Å². The maximum atomic E-state index is 11.9. The molecule has 2 rings (SSSR count). The van der Waals surface area contributed by atoms with Gasteiger partial charge in [0.15, 0.2) is 0 Å². The molecule has 0 atom stereocenters. The summed E-state index contributed by atoms with van der Waals surface area (Å²) in [5.74, 6) is -0.683. The number of anilines is 2. The van der Waals surface area contributed by atoms with Crippen molar-refractivity contribution < 1.29 is 9.59 Å². The van der Waals surface area contributed by atoms with Crippen LogP contribution in [0.2, 0.25) is 0 Å². The molecule has 4 nitrogen and oxygen atoms in total. The number of halogens is 1. The third-order valence-electron chi connectivity index (χ3n) is 3.08. The zero-order chi connectivity index (χ0) is 15.9. The quantitative estimate of drug-likeness (QED) is 0.792. The molecule has 2 amide bonds. The minimum atomic E-state index is -0.347. The number of carbonyl (C=O) groups is 2. The average molecular weight is 361 g/mol. The first-order chi connectivity index (χ1) is 10.6. The lowest BCUT2D eigenvalue weighted by molar-refractivity contribution is -0.123. The van der Waals surface area contributed by atoms with Gasteiger partial charge in [0.1, 0.15) is 6.42 Å². The van der Waals surface area contributed by atoms with E-state index in [0.29, 0.717) is 11.4 Å². The summed E-state index contributed by atoms with van der Waals surface area (Å²) in [6.07, 6.45) is 0.727. The van der Waals surface area contributed by atoms with E-state index in [1.54, 1.807) is 12.1 Å². The number of hydrogen-bond donors (Lipinski definition) is 2. The Bertz CT molecular complexity index is 669. The Labute approximate surface area is 138 Å². The van der Waals surface area contributed by atoms with Gasteiger partial charge in [-0.2, -0.15) is 0 Å². The molecule has 0 fully saturated rings. The van der Waals surface area contributed by atoms with Crippen LogP contribution in [0.15, 0.2) is 53.0 Å². The lowest BCUT2D eigenvalue weighted by Gasteiger charge is -2.07. The molecule has 0 spiro atoms. The molecule has 114 valence electrons. The third-order valence-corrected chi connectivity index (χ3v) is 3.57. The van der Waals surface area contributed by atoms with Gasteiger partial charge in [0.25, 0.3) is 0 Å². The Hall–Kier alpha value is -2.14. The first kappa shape index (κ1) is 16.2. The van der Waals surface area contributed by atoms with Crippen molar-refractivity contribution in [1.29, 1.82) is 0 Å². The van der Waals surface area contributed by atoms with Gasteiger partial charge in [0, 0.05) is 15.8 Å². The lowest BCUT2D eigenvalue weighted by atomic mass is 10.1. The molecule has 0 radical (unpaired) electrons. The summed E-state index contributed by atoms with van der Waals surface area (Å²) < 4.78 is 0.866. The molecule has 5 heteroatoms. The van der Waals surface area contributed by atoms with Crippen LogP contribution < -0.4 is 10.6 Å². The van der Waals surface area contributed by atoms with Crippen LogP contribution in [-0.4, -0.2) is 11.8 Å². The van der Waals surface area contributed by atoms with Gasteiger partial charge in [0.05, 0.1) is 0 Å². The largest absolute Gasteiger partial charge is 0.326 e. The molecule has 0 aliphatic heterocycles. The second-order valence-corrected chi connectivity index (χ2v) is 5.75. The van der Waals surface area contributed by atoms with Crippen molar-refractivity contribution in [2.45, 2.75) is 19.8 Å². The Balaban J connectivity index is 1.86. The molecule has 2 aromatic carbocycles. The molecule has 2 N–H and O–H groups in total. The molecule has 0 aliphatic carbocycles. The SMILES string of the molecule is CCc1ccc(NC(=O)CC(=O)Nc2cccc(Br)c2)cc1. The fraction of sp³-hybridized carbons (Fsp3) is 0.176. The summed E-state index contributed by atoms with van der Waals surface area (Å²) in [5.41, 5.74) is 2.54. The van der Waals surface area contributed by atoms with Crippen LogP contribution in [0.1, 0.15) is 18.9 Å². The zero-order valence-corrected chi connectivity index (χ0v) is 13.8. The van der Waals surface area contributed by atoms with E-state index in [-0.39, 0.29) is 18.2 Å². The number of aryl methyl sites for hydroxylation is 1. The molecule has 0 saturated carbocycles. The molecule has 0 heterocycles. The Morgan fingerprint density at radius 3 is 2.18 bits per heavy atom. The van der Waals surface area contributed by atoms with E-state index in [4.69, 9.17) is 0 Å². The molecule has 0 aliphatic rings. The Morgan fingerprint density at radius 1 is 0.955 bits per heavy atom. The first-order valence-corrected chi connectivity index (χ1v) is 7.80. The number of benzene rings is 2. The highest BCUT2D eigenvalue weighted by Gasteiger charge is 2.10. The standard InChI is InChI=1S/C17H17BrN2O2/c1-2-12-6-8-14(9-7-12)19-16(21)11-17(22)20-15-5-3-4-13(18)10-15/h3-10H,2,11H2,1H3,(H,19,21)(H,20,22). The fourth-order valence-electron chi connectivity index (χ4n) is 1.95.